The van der Waals surface area contributed by atoms with E-state index in [1.165, 1.54) is 11.1 Å². The quantitative estimate of drug-likeness (QED) is 0.430. The summed E-state index contributed by atoms with van der Waals surface area (Å²) in [6.45, 7) is 2.70. The molecule has 32 heavy (non-hydrogen) atoms. The van der Waals surface area contributed by atoms with Crippen LogP contribution in [-0.4, -0.2) is 35.2 Å². The van der Waals surface area contributed by atoms with Gasteiger partial charge in [-0.05, 0) is 42.2 Å². The van der Waals surface area contributed by atoms with Gasteiger partial charge in [0.25, 0.3) is 5.91 Å². The van der Waals surface area contributed by atoms with E-state index in [2.05, 4.69) is 22.7 Å². The fraction of sp³-hybridized carbons (Fsp3) is 0.192. The molecule has 1 fully saturated rings. The monoisotopic (exact) mass is 443 g/mol. The van der Waals surface area contributed by atoms with E-state index < -0.39 is 0 Å². The molecule has 0 unspecified atom stereocenters. The van der Waals surface area contributed by atoms with Crippen molar-refractivity contribution in [1.82, 2.24) is 10.3 Å². The average Bonchev–Trinajstić information content (AvgIpc) is 3.20. The van der Waals surface area contributed by atoms with Gasteiger partial charge < -0.3 is 4.90 Å². The SMILES string of the molecule is Cc1ccc(/C=N\NC(=O)c2ccc([C@@H]3SCC(=O)N3CCc3ccccc3)cc2)cc1. The molecule has 1 atom stereocenters. The molecule has 6 heteroatoms. The summed E-state index contributed by atoms with van der Waals surface area (Å²) < 4.78 is 0. The molecular weight excluding hydrogens is 418 g/mol. The van der Waals surface area contributed by atoms with E-state index in [1.54, 1.807) is 30.1 Å². The minimum absolute atomic E-state index is 0.0251. The van der Waals surface area contributed by atoms with E-state index in [-0.39, 0.29) is 17.2 Å². The number of hydrogen-bond acceptors (Lipinski definition) is 4. The Morgan fingerprint density at radius 1 is 1.06 bits per heavy atom. The van der Waals surface area contributed by atoms with Crippen LogP contribution < -0.4 is 5.43 Å². The first-order valence-electron chi connectivity index (χ1n) is 10.6. The van der Waals surface area contributed by atoms with Crippen molar-refractivity contribution in [1.29, 1.82) is 0 Å². The smallest absolute Gasteiger partial charge is 0.271 e. The minimum Gasteiger partial charge on any atom is -0.326 e. The highest BCUT2D eigenvalue weighted by Gasteiger charge is 2.32. The van der Waals surface area contributed by atoms with Gasteiger partial charge in [0.2, 0.25) is 5.91 Å². The van der Waals surface area contributed by atoms with Crippen molar-refractivity contribution in [3.8, 4) is 0 Å². The predicted octanol–water partition coefficient (Wildman–Crippen LogP) is 4.58. The molecular formula is C26H25N3O2S. The number of amides is 2. The Morgan fingerprint density at radius 3 is 2.50 bits per heavy atom. The van der Waals surface area contributed by atoms with Gasteiger partial charge in [0, 0.05) is 12.1 Å². The topological polar surface area (TPSA) is 61.8 Å². The number of hydrazone groups is 1. The number of benzene rings is 3. The fourth-order valence-electron chi connectivity index (χ4n) is 3.55. The van der Waals surface area contributed by atoms with E-state index in [0.29, 0.717) is 17.9 Å². The molecule has 0 saturated carbocycles. The largest absolute Gasteiger partial charge is 0.326 e. The lowest BCUT2D eigenvalue weighted by atomic mass is 10.1. The number of nitrogens with one attached hydrogen (secondary N) is 1. The van der Waals surface area contributed by atoms with Crippen LogP contribution in [0.2, 0.25) is 0 Å². The lowest BCUT2D eigenvalue weighted by molar-refractivity contribution is -0.128. The first-order valence-corrected chi connectivity index (χ1v) is 11.6. The summed E-state index contributed by atoms with van der Waals surface area (Å²) in [4.78, 5) is 26.8. The molecule has 1 aliphatic rings. The lowest BCUT2D eigenvalue weighted by Crippen LogP contribution is -2.30. The maximum absolute atomic E-state index is 12.4. The van der Waals surface area contributed by atoms with Gasteiger partial charge in [0.05, 0.1) is 12.0 Å². The van der Waals surface area contributed by atoms with Crippen LogP contribution in [0.5, 0.6) is 0 Å². The van der Waals surface area contributed by atoms with Crippen molar-refractivity contribution in [3.05, 3.63) is 107 Å². The second-order valence-corrected chi connectivity index (χ2v) is 8.79. The van der Waals surface area contributed by atoms with Gasteiger partial charge in [-0.25, -0.2) is 5.43 Å². The molecule has 3 aromatic rings. The summed E-state index contributed by atoms with van der Waals surface area (Å²) in [6.07, 6.45) is 2.44. The maximum Gasteiger partial charge on any atom is 0.271 e. The lowest BCUT2D eigenvalue weighted by Gasteiger charge is -2.24. The van der Waals surface area contributed by atoms with E-state index >= 15 is 0 Å². The van der Waals surface area contributed by atoms with Crippen LogP contribution in [0, 0.1) is 6.92 Å². The summed E-state index contributed by atoms with van der Waals surface area (Å²) >= 11 is 1.63. The van der Waals surface area contributed by atoms with Crippen molar-refractivity contribution < 1.29 is 9.59 Å². The molecule has 1 heterocycles. The maximum atomic E-state index is 12.4. The Kier molecular flexibility index (Phi) is 7.02. The Morgan fingerprint density at radius 2 is 1.78 bits per heavy atom. The third kappa shape index (κ3) is 5.45. The number of nitrogens with zero attached hydrogens (tertiary/aromatic N) is 2. The number of thioether (sulfide) groups is 1. The molecule has 0 bridgehead atoms. The summed E-state index contributed by atoms with van der Waals surface area (Å²) in [6, 6.07) is 25.5. The van der Waals surface area contributed by atoms with Gasteiger partial charge in [-0.15, -0.1) is 11.8 Å². The van der Waals surface area contributed by atoms with E-state index in [4.69, 9.17) is 0 Å². The van der Waals surface area contributed by atoms with Gasteiger partial charge in [0.1, 0.15) is 5.37 Å². The van der Waals surface area contributed by atoms with Crippen molar-refractivity contribution in [3.63, 3.8) is 0 Å². The highest BCUT2D eigenvalue weighted by molar-refractivity contribution is 8.00. The Labute approximate surface area is 192 Å². The zero-order valence-corrected chi connectivity index (χ0v) is 18.7. The predicted molar refractivity (Wildman–Crippen MR) is 130 cm³/mol. The Hall–Kier alpha value is -3.38. The zero-order chi connectivity index (χ0) is 22.3. The molecule has 1 saturated heterocycles. The highest BCUT2D eigenvalue weighted by atomic mass is 32.2. The number of rotatable bonds is 7. The molecule has 2 amide bonds. The molecule has 4 rings (SSSR count). The first kappa shape index (κ1) is 21.8. The fourth-order valence-corrected chi connectivity index (χ4v) is 4.77. The molecule has 0 spiro atoms. The van der Waals surface area contributed by atoms with Crippen LogP contribution in [-0.2, 0) is 11.2 Å². The molecule has 1 N–H and O–H groups in total. The van der Waals surface area contributed by atoms with Crippen LogP contribution in [0.15, 0.2) is 84.0 Å². The van der Waals surface area contributed by atoms with E-state index in [1.807, 2.05) is 66.4 Å². The minimum atomic E-state index is -0.268. The van der Waals surface area contributed by atoms with Crippen LogP contribution in [0.25, 0.3) is 0 Å². The molecule has 0 radical (unpaired) electrons. The van der Waals surface area contributed by atoms with Crippen molar-refractivity contribution in [2.45, 2.75) is 18.7 Å². The molecule has 0 aromatic heterocycles. The number of aryl methyl sites for hydroxylation is 1. The van der Waals surface area contributed by atoms with Crippen molar-refractivity contribution in [2.75, 3.05) is 12.3 Å². The molecule has 5 nitrogen and oxygen atoms in total. The Balaban J connectivity index is 1.36. The normalized spacial score (nSPS) is 16.0. The van der Waals surface area contributed by atoms with Crippen LogP contribution in [0.4, 0.5) is 0 Å². The van der Waals surface area contributed by atoms with Crippen molar-refractivity contribution in [2.24, 2.45) is 5.10 Å². The zero-order valence-electron chi connectivity index (χ0n) is 17.9. The molecule has 0 aliphatic carbocycles. The third-order valence-corrected chi connectivity index (χ3v) is 6.62. The second kappa shape index (κ2) is 10.3. The Bertz CT molecular complexity index is 1100. The van der Waals surface area contributed by atoms with Crippen LogP contribution >= 0.6 is 11.8 Å². The summed E-state index contributed by atoms with van der Waals surface area (Å²) in [5, 5.41) is 4.02. The van der Waals surface area contributed by atoms with Gasteiger partial charge in [0.15, 0.2) is 0 Å². The number of carbonyl (C=O) groups is 2. The van der Waals surface area contributed by atoms with Gasteiger partial charge >= 0.3 is 0 Å². The summed E-state index contributed by atoms with van der Waals surface area (Å²) in [7, 11) is 0. The second-order valence-electron chi connectivity index (χ2n) is 7.72. The average molecular weight is 444 g/mol. The third-order valence-electron chi connectivity index (χ3n) is 5.37. The van der Waals surface area contributed by atoms with Crippen LogP contribution in [0.1, 0.15) is 38.0 Å². The standard InChI is InChI=1S/C26H25N3O2S/c1-19-7-9-21(10-8-19)17-27-28-25(31)22-11-13-23(14-12-22)26-29(24(30)18-32-26)16-15-20-5-3-2-4-6-20/h2-14,17,26H,15-16,18H2,1H3,(H,28,31)/b27-17-/t26-/m0/s1. The number of carbonyl (C=O) groups excluding carboxylic acids is 2. The number of hydrogen-bond donors (Lipinski definition) is 1. The van der Waals surface area contributed by atoms with E-state index in [9.17, 15) is 9.59 Å². The molecule has 3 aromatic carbocycles. The highest BCUT2D eigenvalue weighted by Crippen LogP contribution is 2.38. The van der Waals surface area contributed by atoms with Crippen molar-refractivity contribution >= 4 is 29.8 Å². The van der Waals surface area contributed by atoms with E-state index in [0.717, 1.165) is 17.5 Å². The van der Waals surface area contributed by atoms with Gasteiger partial charge in [-0.1, -0.05) is 72.3 Å². The summed E-state index contributed by atoms with van der Waals surface area (Å²) in [5.41, 5.74) is 7.43. The van der Waals surface area contributed by atoms with Gasteiger partial charge in [-0.3, -0.25) is 9.59 Å². The van der Waals surface area contributed by atoms with Crippen LogP contribution in [0.3, 0.4) is 0 Å². The van der Waals surface area contributed by atoms with Gasteiger partial charge in [-0.2, -0.15) is 5.10 Å². The summed E-state index contributed by atoms with van der Waals surface area (Å²) in [5.74, 6) is 0.370. The molecule has 1 aliphatic heterocycles. The molecule has 162 valence electrons. The first-order chi connectivity index (χ1) is 15.6.